The van der Waals surface area contributed by atoms with E-state index in [0.29, 0.717) is 40.5 Å². The monoisotopic (exact) mass is 489 g/mol. The molecule has 0 radical (unpaired) electrons. The summed E-state index contributed by atoms with van der Waals surface area (Å²) in [6, 6.07) is 21.3. The number of carbonyl (C=O) groups excluding carboxylic acids is 1. The maximum absolute atomic E-state index is 13.0. The van der Waals surface area contributed by atoms with Gasteiger partial charge in [0.1, 0.15) is 6.54 Å². The van der Waals surface area contributed by atoms with Gasteiger partial charge >= 0.3 is 0 Å². The molecule has 35 heavy (non-hydrogen) atoms. The Balaban J connectivity index is 1.36. The highest BCUT2D eigenvalue weighted by atomic mass is 32.2. The molecule has 1 fully saturated rings. The summed E-state index contributed by atoms with van der Waals surface area (Å²) in [5, 5.41) is 4.03. The minimum absolute atomic E-state index is 0.0348. The van der Waals surface area contributed by atoms with Crippen LogP contribution in [0.4, 0.5) is 0 Å². The predicted octanol–water partition coefficient (Wildman–Crippen LogP) is 3.65. The Labute approximate surface area is 204 Å². The van der Waals surface area contributed by atoms with Crippen LogP contribution in [0.5, 0.6) is 0 Å². The number of hydrogen-bond acceptors (Lipinski definition) is 4. The number of pyridine rings is 1. The normalized spacial score (nSPS) is 14.9. The van der Waals surface area contributed by atoms with E-state index in [1.807, 2.05) is 41.0 Å². The number of nitrogens with one attached hydrogen (secondary N) is 1. The van der Waals surface area contributed by atoms with Crippen molar-refractivity contribution in [2.24, 2.45) is 0 Å². The van der Waals surface area contributed by atoms with Gasteiger partial charge in [-0.1, -0.05) is 42.8 Å². The highest BCUT2D eigenvalue weighted by Gasteiger charge is 2.26. The molecule has 1 saturated heterocycles. The fourth-order valence-electron chi connectivity index (χ4n) is 4.72. The smallest absolute Gasteiger partial charge is 0.243 e. The van der Waals surface area contributed by atoms with E-state index in [1.54, 1.807) is 40.7 Å². The van der Waals surface area contributed by atoms with Crippen LogP contribution in [0.1, 0.15) is 24.8 Å². The number of carbonyl (C=O) groups is 1. The van der Waals surface area contributed by atoms with E-state index in [1.165, 1.54) is 0 Å². The first-order valence-corrected chi connectivity index (χ1v) is 13.3. The van der Waals surface area contributed by atoms with Crippen molar-refractivity contribution in [1.29, 1.82) is 0 Å². The molecule has 5 rings (SSSR count). The summed E-state index contributed by atoms with van der Waals surface area (Å²) in [6.45, 7) is 1.33. The van der Waals surface area contributed by atoms with Crippen LogP contribution in [0, 0.1) is 0 Å². The second-order valence-electron chi connectivity index (χ2n) is 8.84. The molecule has 4 aromatic rings. The van der Waals surface area contributed by atoms with Gasteiger partial charge in [0.2, 0.25) is 15.9 Å². The molecule has 0 atom stereocenters. The van der Waals surface area contributed by atoms with Gasteiger partial charge in [-0.3, -0.25) is 9.59 Å². The summed E-state index contributed by atoms with van der Waals surface area (Å²) in [5.41, 5.74) is 2.05. The number of para-hydroxylation sites is 2. The summed E-state index contributed by atoms with van der Waals surface area (Å²) < 4.78 is 29.4. The van der Waals surface area contributed by atoms with Gasteiger partial charge in [-0.05, 0) is 54.8 Å². The molecule has 7 nitrogen and oxygen atoms in total. The molecule has 1 aromatic heterocycles. The van der Waals surface area contributed by atoms with Gasteiger partial charge < -0.3 is 9.88 Å². The lowest BCUT2D eigenvalue weighted by atomic mass is 10.1. The number of sulfonamides is 1. The van der Waals surface area contributed by atoms with E-state index in [2.05, 4.69) is 5.32 Å². The molecule has 0 unspecified atom stereocenters. The van der Waals surface area contributed by atoms with Gasteiger partial charge in [0.05, 0.1) is 15.9 Å². The molecule has 8 heteroatoms. The van der Waals surface area contributed by atoms with Gasteiger partial charge in [-0.2, -0.15) is 4.31 Å². The average Bonchev–Trinajstić information content (AvgIpc) is 2.90. The first-order chi connectivity index (χ1) is 16.9. The van der Waals surface area contributed by atoms with Crippen LogP contribution in [0.3, 0.4) is 0 Å². The topological polar surface area (TPSA) is 88.5 Å². The van der Waals surface area contributed by atoms with E-state index in [-0.39, 0.29) is 29.3 Å². The largest absolute Gasteiger partial charge is 0.350 e. The van der Waals surface area contributed by atoms with Crippen LogP contribution in [-0.2, 0) is 27.9 Å². The van der Waals surface area contributed by atoms with Crippen LogP contribution in [0.15, 0.2) is 82.5 Å². The van der Waals surface area contributed by atoms with Crippen molar-refractivity contribution in [1.82, 2.24) is 14.2 Å². The van der Waals surface area contributed by atoms with Crippen molar-refractivity contribution < 1.29 is 13.2 Å². The lowest BCUT2D eigenvalue weighted by Gasteiger charge is -2.26. The standard InChI is InChI=1S/C27H27N3O4S/c31-26(19-30-24-13-4-2-11-22(24)27(32)23-12-3-5-14-25(23)30)28-18-20-9-8-10-21(17-20)35(33,34)29-15-6-1-7-16-29/h2-5,8-14,17H,1,6-7,15-16,18-19H2,(H,28,31). The van der Waals surface area contributed by atoms with Crippen molar-refractivity contribution in [3.63, 3.8) is 0 Å². The Hall–Kier alpha value is -3.49. The summed E-state index contributed by atoms with van der Waals surface area (Å²) in [5.74, 6) is -0.228. The summed E-state index contributed by atoms with van der Waals surface area (Å²) in [7, 11) is -3.54. The van der Waals surface area contributed by atoms with Gasteiger partial charge in [-0.25, -0.2) is 8.42 Å². The SMILES string of the molecule is O=C(Cn1c2ccccc2c(=O)c2ccccc21)NCc1cccc(S(=O)(=O)N2CCCCC2)c1. The van der Waals surface area contributed by atoms with Crippen molar-refractivity contribution in [3.8, 4) is 0 Å². The zero-order chi connectivity index (χ0) is 24.4. The highest BCUT2D eigenvalue weighted by molar-refractivity contribution is 7.89. The van der Waals surface area contributed by atoms with Crippen molar-refractivity contribution in [2.45, 2.75) is 37.2 Å². The summed E-state index contributed by atoms with van der Waals surface area (Å²) in [4.78, 5) is 26.1. The minimum Gasteiger partial charge on any atom is -0.350 e. The van der Waals surface area contributed by atoms with Crippen LogP contribution in [0.25, 0.3) is 21.8 Å². The second kappa shape index (κ2) is 9.64. The number of aromatic nitrogens is 1. The fourth-order valence-corrected chi connectivity index (χ4v) is 6.31. The van der Waals surface area contributed by atoms with Crippen LogP contribution < -0.4 is 10.7 Å². The van der Waals surface area contributed by atoms with Crippen molar-refractivity contribution >= 4 is 37.7 Å². The van der Waals surface area contributed by atoms with Gasteiger partial charge in [-0.15, -0.1) is 0 Å². The predicted molar refractivity (Wildman–Crippen MR) is 137 cm³/mol. The number of piperidine rings is 1. The molecule has 0 bridgehead atoms. The Morgan fingerprint density at radius 3 is 2.11 bits per heavy atom. The summed E-state index contributed by atoms with van der Waals surface area (Å²) >= 11 is 0. The quantitative estimate of drug-likeness (QED) is 0.419. The third-order valence-electron chi connectivity index (χ3n) is 6.52. The maximum Gasteiger partial charge on any atom is 0.243 e. The molecule has 180 valence electrons. The molecular weight excluding hydrogens is 462 g/mol. The third-order valence-corrected chi connectivity index (χ3v) is 8.42. The molecule has 3 aromatic carbocycles. The third kappa shape index (κ3) is 4.59. The number of hydrogen-bond donors (Lipinski definition) is 1. The zero-order valence-corrected chi connectivity index (χ0v) is 20.1. The molecule has 1 N–H and O–H groups in total. The van der Waals surface area contributed by atoms with Crippen LogP contribution in [0.2, 0.25) is 0 Å². The first kappa shape index (κ1) is 23.3. The summed E-state index contributed by atoms with van der Waals surface area (Å²) in [6.07, 6.45) is 2.81. The van der Waals surface area contributed by atoms with E-state index in [0.717, 1.165) is 19.3 Å². The molecule has 1 amide bonds. The van der Waals surface area contributed by atoms with Crippen molar-refractivity contribution in [3.05, 3.63) is 88.6 Å². The number of fused-ring (bicyclic) bond motifs is 2. The number of nitrogens with zero attached hydrogens (tertiary/aromatic N) is 2. The average molecular weight is 490 g/mol. The molecule has 0 saturated carbocycles. The van der Waals surface area contributed by atoms with Crippen molar-refractivity contribution in [2.75, 3.05) is 13.1 Å². The zero-order valence-electron chi connectivity index (χ0n) is 19.3. The molecule has 0 spiro atoms. The minimum atomic E-state index is -3.54. The number of amides is 1. The fraction of sp³-hybridized carbons (Fsp3) is 0.259. The Morgan fingerprint density at radius 2 is 1.46 bits per heavy atom. The van der Waals surface area contributed by atoms with Gasteiger partial charge in [0.15, 0.2) is 5.43 Å². The maximum atomic E-state index is 13.0. The molecule has 1 aliphatic heterocycles. The first-order valence-electron chi connectivity index (χ1n) is 11.8. The van der Waals surface area contributed by atoms with Crippen LogP contribution >= 0.6 is 0 Å². The van der Waals surface area contributed by atoms with Gasteiger partial charge in [0, 0.05) is 30.4 Å². The van der Waals surface area contributed by atoms with Gasteiger partial charge in [0.25, 0.3) is 0 Å². The van der Waals surface area contributed by atoms with Crippen LogP contribution in [-0.4, -0.2) is 36.3 Å². The Morgan fingerprint density at radius 1 is 0.829 bits per heavy atom. The molecular formula is C27H27N3O4S. The Bertz CT molecular complexity index is 1510. The Kier molecular flexibility index (Phi) is 6.40. The number of rotatable bonds is 6. The van der Waals surface area contributed by atoms with E-state index in [9.17, 15) is 18.0 Å². The van der Waals surface area contributed by atoms with E-state index in [4.69, 9.17) is 0 Å². The van der Waals surface area contributed by atoms with E-state index < -0.39 is 10.0 Å². The lowest BCUT2D eigenvalue weighted by molar-refractivity contribution is -0.121. The molecule has 1 aliphatic rings. The lowest BCUT2D eigenvalue weighted by Crippen LogP contribution is -2.35. The number of benzene rings is 3. The molecule has 0 aliphatic carbocycles. The molecule has 2 heterocycles. The second-order valence-corrected chi connectivity index (χ2v) is 10.8. The highest BCUT2D eigenvalue weighted by Crippen LogP contribution is 2.22. The van der Waals surface area contributed by atoms with E-state index >= 15 is 0 Å².